The Kier molecular flexibility index (Phi) is 5.73. The van der Waals surface area contributed by atoms with Crippen LogP contribution in [0.2, 0.25) is 0 Å². The molecule has 156 valence electrons. The summed E-state index contributed by atoms with van der Waals surface area (Å²) in [5.41, 5.74) is 0.558. The Balaban J connectivity index is 1.22. The van der Waals surface area contributed by atoms with Gasteiger partial charge in [0.25, 0.3) is 11.8 Å². The molecule has 3 heterocycles. The fraction of sp³-hybridized carbons (Fsp3) is 0.350. The molecule has 1 saturated heterocycles. The molecule has 0 radical (unpaired) electrons. The minimum atomic E-state index is -0.989. The second-order valence-electron chi connectivity index (χ2n) is 6.87. The minimum Gasteiger partial charge on any atom is -0.478 e. The number of rotatable bonds is 5. The number of carbonyl (C=O) groups excluding carboxylic acids is 3. The molecular formula is C20H21N5O5. The number of hydrogen-bond donors (Lipinski definition) is 1. The maximum Gasteiger partial charge on any atom is 0.310 e. The zero-order valence-corrected chi connectivity index (χ0v) is 16.2. The van der Waals surface area contributed by atoms with Gasteiger partial charge in [-0.2, -0.15) is 0 Å². The summed E-state index contributed by atoms with van der Waals surface area (Å²) in [6.07, 6.45) is 2.09. The maximum absolute atomic E-state index is 12.4. The van der Waals surface area contributed by atoms with E-state index in [0.717, 1.165) is 0 Å². The van der Waals surface area contributed by atoms with E-state index in [9.17, 15) is 14.4 Å². The largest absolute Gasteiger partial charge is 0.478 e. The van der Waals surface area contributed by atoms with Crippen molar-refractivity contribution in [2.75, 3.05) is 43.0 Å². The van der Waals surface area contributed by atoms with Crippen LogP contribution in [0.15, 0.2) is 42.7 Å². The molecule has 30 heavy (non-hydrogen) atoms. The lowest BCUT2D eigenvalue weighted by Crippen LogP contribution is -2.50. The van der Waals surface area contributed by atoms with Gasteiger partial charge in [-0.3, -0.25) is 14.4 Å². The van der Waals surface area contributed by atoms with Gasteiger partial charge in [0, 0.05) is 38.6 Å². The van der Waals surface area contributed by atoms with Gasteiger partial charge < -0.3 is 24.6 Å². The summed E-state index contributed by atoms with van der Waals surface area (Å²) in [5, 5.41) is 2.69. The lowest BCUT2D eigenvalue weighted by atomic mass is 10.1. The van der Waals surface area contributed by atoms with Gasteiger partial charge in [-0.25, -0.2) is 9.97 Å². The topological polar surface area (TPSA) is 114 Å². The summed E-state index contributed by atoms with van der Waals surface area (Å²) in [7, 11) is 0. The van der Waals surface area contributed by atoms with Gasteiger partial charge in [-0.1, -0.05) is 12.1 Å². The smallest absolute Gasteiger partial charge is 0.310 e. The number of fused-ring (bicyclic) bond motifs is 1. The predicted octanol–water partition coefficient (Wildman–Crippen LogP) is 0.458. The highest BCUT2D eigenvalue weighted by Crippen LogP contribution is 2.29. The zero-order chi connectivity index (χ0) is 20.9. The van der Waals surface area contributed by atoms with Crippen molar-refractivity contribution >= 4 is 29.4 Å². The van der Waals surface area contributed by atoms with Crippen molar-refractivity contribution in [2.45, 2.75) is 12.5 Å². The molecule has 0 aliphatic carbocycles. The fourth-order valence-electron chi connectivity index (χ4n) is 3.28. The number of carbonyl (C=O) groups is 3. The van der Waals surface area contributed by atoms with Gasteiger partial charge in [0.2, 0.25) is 5.95 Å². The van der Waals surface area contributed by atoms with Crippen LogP contribution in [-0.4, -0.2) is 71.5 Å². The number of benzene rings is 1. The first-order chi connectivity index (χ1) is 14.6. The highest BCUT2D eigenvalue weighted by molar-refractivity contribution is 5.99. The molecule has 1 aromatic carbocycles. The van der Waals surface area contributed by atoms with Crippen LogP contribution in [0.1, 0.15) is 6.42 Å². The van der Waals surface area contributed by atoms with Crippen LogP contribution in [0.3, 0.4) is 0 Å². The van der Waals surface area contributed by atoms with Crippen LogP contribution >= 0.6 is 0 Å². The van der Waals surface area contributed by atoms with Crippen LogP contribution in [0.5, 0.6) is 5.75 Å². The molecule has 2 aliphatic rings. The molecule has 0 spiro atoms. The highest BCUT2D eigenvalue weighted by Gasteiger charge is 2.31. The second kappa shape index (κ2) is 8.76. The van der Waals surface area contributed by atoms with E-state index in [-0.39, 0.29) is 18.9 Å². The molecule has 1 aromatic heterocycles. The molecular weight excluding hydrogens is 390 g/mol. The number of aromatic nitrogens is 2. The molecule has 0 unspecified atom stereocenters. The number of ether oxygens (including phenoxy) is 2. The summed E-state index contributed by atoms with van der Waals surface area (Å²) in [5.74, 6) is -0.249. The van der Waals surface area contributed by atoms with E-state index in [2.05, 4.69) is 15.3 Å². The third-order valence-electron chi connectivity index (χ3n) is 4.88. The van der Waals surface area contributed by atoms with E-state index < -0.39 is 18.0 Å². The van der Waals surface area contributed by atoms with Crippen molar-refractivity contribution in [3.63, 3.8) is 0 Å². The average molecular weight is 411 g/mol. The summed E-state index contributed by atoms with van der Waals surface area (Å²) in [4.78, 5) is 48.6. The van der Waals surface area contributed by atoms with E-state index >= 15 is 0 Å². The number of esters is 1. The quantitative estimate of drug-likeness (QED) is 0.706. The van der Waals surface area contributed by atoms with Crippen molar-refractivity contribution in [2.24, 2.45) is 0 Å². The van der Waals surface area contributed by atoms with Gasteiger partial charge in [0.1, 0.15) is 5.75 Å². The standard InChI is InChI=1S/C20H21N5O5/c26-17(24-8-10-25(11-9-24)20-21-6-3-7-22-20)13-29-18(27)12-16-19(28)23-14-4-1-2-5-15(14)30-16/h1-7,16H,8-13H2,(H,23,28)/t16-/m0/s1. The number of hydrogen-bond acceptors (Lipinski definition) is 8. The summed E-state index contributed by atoms with van der Waals surface area (Å²) < 4.78 is 10.6. The second-order valence-corrected chi connectivity index (χ2v) is 6.87. The lowest BCUT2D eigenvalue weighted by molar-refractivity contribution is -0.154. The summed E-state index contributed by atoms with van der Waals surface area (Å²) in [6, 6.07) is 8.71. The van der Waals surface area contributed by atoms with Gasteiger partial charge in [-0.05, 0) is 18.2 Å². The van der Waals surface area contributed by atoms with E-state index in [1.165, 1.54) is 0 Å². The molecule has 1 fully saturated rings. The van der Waals surface area contributed by atoms with Crippen molar-refractivity contribution < 1.29 is 23.9 Å². The van der Waals surface area contributed by atoms with Gasteiger partial charge in [0.15, 0.2) is 12.7 Å². The van der Waals surface area contributed by atoms with Crippen molar-refractivity contribution in [3.05, 3.63) is 42.7 Å². The van der Waals surface area contributed by atoms with Crippen LogP contribution in [0, 0.1) is 0 Å². The normalized spacial score (nSPS) is 18.1. The molecule has 0 bridgehead atoms. The van der Waals surface area contributed by atoms with E-state index in [4.69, 9.17) is 9.47 Å². The molecule has 1 N–H and O–H groups in total. The van der Waals surface area contributed by atoms with Crippen molar-refractivity contribution in [3.8, 4) is 5.75 Å². The van der Waals surface area contributed by atoms with Gasteiger partial charge >= 0.3 is 5.97 Å². The molecule has 0 saturated carbocycles. The van der Waals surface area contributed by atoms with Crippen molar-refractivity contribution in [1.29, 1.82) is 0 Å². The van der Waals surface area contributed by atoms with E-state index in [1.54, 1.807) is 47.6 Å². The molecule has 1 atom stereocenters. The first-order valence-corrected chi connectivity index (χ1v) is 9.62. The number of para-hydroxylation sites is 2. The van der Waals surface area contributed by atoms with Crippen LogP contribution < -0.4 is 15.0 Å². The maximum atomic E-state index is 12.4. The molecule has 2 amide bonds. The summed E-state index contributed by atoms with van der Waals surface area (Å²) in [6.45, 7) is 1.79. The van der Waals surface area contributed by atoms with E-state index in [1.807, 2.05) is 4.90 Å². The highest BCUT2D eigenvalue weighted by atomic mass is 16.5. The Bertz CT molecular complexity index is 930. The Labute approximate surface area is 172 Å². The molecule has 10 heteroatoms. The predicted molar refractivity (Wildman–Crippen MR) is 106 cm³/mol. The van der Waals surface area contributed by atoms with Gasteiger partial charge in [0.05, 0.1) is 12.1 Å². The first-order valence-electron chi connectivity index (χ1n) is 9.62. The fourth-order valence-corrected chi connectivity index (χ4v) is 3.28. The van der Waals surface area contributed by atoms with Gasteiger partial charge in [-0.15, -0.1) is 0 Å². The van der Waals surface area contributed by atoms with Crippen LogP contribution in [-0.2, 0) is 19.1 Å². The number of piperazine rings is 1. The Hall–Kier alpha value is -3.69. The van der Waals surface area contributed by atoms with Crippen LogP contribution in [0.25, 0.3) is 0 Å². The Morgan fingerprint density at radius 3 is 2.60 bits per heavy atom. The SMILES string of the molecule is O=C(C[C@@H]1Oc2ccccc2NC1=O)OCC(=O)N1CCN(c2ncccn2)CC1. The monoisotopic (exact) mass is 411 g/mol. The molecule has 4 rings (SSSR count). The average Bonchev–Trinajstić information content (AvgIpc) is 2.78. The third-order valence-corrected chi connectivity index (χ3v) is 4.88. The number of amides is 2. The zero-order valence-electron chi connectivity index (χ0n) is 16.2. The third kappa shape index (κ3) is 4.48. The number of anilines is 2. The summed E-state index contributed by atoms with van der Waals surface area (Å²) >= 11 is 0. The molecule has 2 aromatic rings. The van der Waals surface area contributed by atoms with E-state index in [0.29, 0.717) is 43.6 Å². The lowest BCUT2D eigenvalue weighted by Gasteiger charge is -2.34. The number of nitrogens with one attached hydrogen (secondary N) is 1. The van der Waals surface area contributed by atoms with Crippen LogP contribution in [0.4, 0.5) is 11.6 Å². The molecule has 10 nitrogen and oxygen atoms in total. The molecule has 2 aliphatic heterocycles. The van der Waals surface area contributed by atoms with Crippen molar-refractivity contribution in [1.82, 2.24) is 14.9 Å². The Morgan fingerprint density at radius 1 is 1.10 bits per heavy atom. The Morgan fingerprint density at radius 2 is 1.83 bits per heavy atom. The number of nitrogens with zero attached hydrogens (tertiary/aromatic N) is 4. The minimum absolute atomic E-state index is 0.271. The first kappa shape index (κ1) is 19.6.